The number of benzene rings is 1. The van der Waals surface area contributed by atoms with Crippen LogP contribution in [0.2, 0.25) is 0 Å². The Bertz CT molecular complexity index is 465. The highest BCUT2D eigenvalue weighted by molar-refractivity contribution is 5.22. The number of piperidine rings is 1. The van der Waals surface area contributed by atoms with Crippen molar-refractivity contribution >= 4 is 0 Å². The van der Waals surface area contributed by atoms with Gasteiger partial charge in [-0.3, -0.25) is 4.90 Å². The van der Waals surface area contributed by atoms with Crippen LogP contribution in [-0.2, 0) is 6.54 Å². The zero-order chi connectivity index (χ0) is 15.4. The summed E-state index contributed by atoms with van der Waals surface area (Å²) < 4.78 is 0. The number of likely N-dealkylation sites (tertiary alicyclic amines) is 1. The topological polar surface area (TPSA) is 15.3 Å². The van der Waals surface area contributed by atoms with E-state index in [0.717, 1.165) is 18.5 Å². The Labute approximate surface area is 136 Å². The summed E-state index contributed by atoms with van der Waals surface area (Å²) in [5, 5.41) is 3.97. The third-order valence-electron chi connectivity index (χ3n) is 5.30. The summed E-state index contributed by atoms with van der Waals surface area (Å²) in [5.74, 6) is 0.805. The van der Waals surface area contributed by atoms with Crippen LogP contribution in [-0.4, -0.2) is 30.1 Å². The van der Waals surface area contributed by atoms with Crippen LogP contribution in [0.1, 0.15) is 56.6 Å². The molecule has 1 aliphatic carbocycles. The van der Waals surface area contributed by atoms with Crippen molar-refractivity contribution in [3.8, 4) is 0 Å². The molecule has 0 amide bonds. The van der Waals surface area contributed by atoms with Crippen LogP contribution < -0.4 is 5.32 Å². The van der Waals surface area contributed by atoms with Crippen molar-refractivity contribution in [1.29, 1.82) is 0 Å². The highest BCUT2D eigenvalue weighted by atomic mass is 15.2. The second kappa shape index (κ2) is 7.61. The van der Waals surface area contributed by atoms with E-state index in [1.54, 1.807) is 0 Å². The van der Waals surface area contributed by atoms with E-state index < -0.39 is 0 Å². The van der Waals surface area contributed by atoms with E-state index in [2.05, 4.69) is 48.3 Å². The average molecular weight is 300 g/mol. The smallest absolute Gasteiger partial charge is 0.0234 e. The van der Waals surface area contributed by atoms with Crippen molar-refractivity contribution < 1.29 is 0 Å². The monoisotopic (exact) mass is 300 g/mol. The molecule has 2 atom stereocenters. The minimum absolute atomic E-state index is 0.691. The molecule has 1 aromatic rings. The average Bonchev–Trinajstić information content (AvgIpc) is 2.47. The van der Waals surface area contributed by atoms with Gasteiger partial charge in [0.25, 0.3) is 0 Å². The van der Waals surface area contributed by atoms with Crippen LogP contribution in [0.25, 0.3) is 0 Å². The molecule has 1 saturated carbocycles. The van der Waals surface area contributed by atoms with Gasteiger partial charge < -0.3 is 5.32 Å². The van der Waals surface area contributed by atoms with E-state index in [4.69, 9.17) is 0 Å². The third kappa shape index (κ3) is 4.57. The summed E-state index contributed by atoms with van der Waals surface area (Å²) in [6.45, 7) is 8.17. The summed E-state index contributed by atoms with van der Waals surface area (Å²) in [7, 11) is 0. The van der Waals surface area contributed by atoms with Crippen LogP contribution >= 0.6 is 0 Å². The van der Waals surface area contributed by atoms with E-state index in [1.165, 1.54) is 62.7 Å². The lowest BCUT2D eigenvalue weighted by Gasteiger charge is -2.39. The molecule has 1 aliphatic heterocycles. The summed E-state index contributed by atoms with van der Waals surface area (Å²) in [4.78, 5) is 2.66. The molecule has 2 nitrogen and oxygen atoms in total. The van der Waals surface area contributed by atoms with Crippen molar-refractivity contribution in [1.82, 2.24) is 10.2 Å². The van der Waals surface area contributed by atoms with Crippen LogP contribution in [0.15, 0.2) is 24.3 Å². The Morgan fingerprint density at radius 1 is 1.09 bits per heavy atom. The first kappa shape index (κ1) is 16.0. The lowest BCUT2D eigenvalue weighted by molar-refractivity contribution is 0.132. The molecule has 1 saturated heterocycles. The third-order valence-corrected chi connectivity index (χ3v) is 5.30. The quantitative estimate of drug-likeness (QED) is 0.899. The number of aryl methyl sites for hydroxylation is 1. The van der Waals surface area contributed by atoms with E-state index >= 15 is 0 Å². The highest BCUT2D eigenvalue weighted by Crippen LogP contribution is 2.23. The minimum atomic E-state index is 0.691. The van der Waals surface area contributed by atoms with Crippen molar-refractivity contribution in [3.05, 3.63) is 35.4 Å². The molecule has 0 bridgehead atoms. The van der Waals surface area contributed by atoms with E-state index in [9.17, 15) is 0 Å². The number of hydrogen-bond donors (Lipinski definition) is 1. The van der Waals surface area contributed by atoms with Gasteiger partial charge in [-0.2, -0.15) is 0 Å². The second-order valence-corrected chi connectivity index (χ2v) is 7.72. The lowest BCUT2D eigenvalue weighted by Crippen LogP contribution is -2.51. The predicted molar refractivity (Wildman–Crippen MR) is 94.0 cm³/mol. The van der Waals surface area contributed by atoms with Gasteiger partial charge >= 0.3 is 0 Å². The van der Waals surface area contributed by atoms with Gasteiger partial charge in [-0.1, -0.05) is 56.0 Å². The molecule has 1 heterocycles. The molecular formula is C20H32N2. The SMILES string of the molecule is Cc1cccc(CN2CC(C)CC(NC3CCCCC3)C2)c1. The molecule has 3 rings (SSSR count). The fraction of sp³-hybridized carbons (Fsp3) is 0.700. The van der Waals surface area contributed by atoms with Crippen molar-refractivity contribution in [2.75, 3.05) is 13.1 Å². The van der Waals surface area contributed by atoms with E-state index in [-0.39, 0.29) is 0 Å². The predicted octanol–water partition coefficient (Wildman–Crippen LogP) is 4.13. The highest BCUT2D eigenvalue weighted by Gasteiger charge is 2.26. The fourth-order valence-corrected chi connectivity index (χ4v) is 4.38. The second-order valence-electron chi connectivity index (χ2n) is 7.72. The van der Waals surface area contributed by atoms with Gasteiger partial charge in [0.05, 0.1) is 0 Å². The Kier molecular flexibility index (Phi) is 5.54. The number of nitrogens with one attached hydrogen (secondary N) is 1. The van der Waals surface area contributed by atoms with Crippen LogP contribution in [0.4, 0.5) is 0 Å². The molecule has 1 aromatic carbocycles. The molecule has 0 spiro atoms. The Hall–Kier alpha value is -0.860. The minimum Gasteiger partial charge on any atom is -0.310 e. The number of nitrogens with zero attached hydrogens (tertiary/aromatic N) is 1. The van der Waals surface area contributed by atoms with Gasteiger partial charge in [0.1, 0.15) is 0 Å². The molecule has 0 radical (unpaired) electrons. The van der Waals surface area contributed by atoms with Gasteiger partial charge in [-0.15, -0.1) is 0 Å². The first-order valence-electron chi connectivity index (χ1n) is 9.23. The summed E-state index contributed by atoms with van der Waals surface area (Å²) >= 11 is 0. The van der Waals surface area contributed by atoms with Gasteiger partial charge in [0.15, 0.2) is 0 Å². The van der Waals surface area contributed by atoms with Crippen molar-refractivity contribution in [2.24, 2.45) is 5.92 Å². The summed E-state index contributed by atoms with van der Waals surface area (Å²) in [6, 6.07) is 10.5. The lowest BCUT2D eigenvalue weighted by atomic mass is 9.91. The normalized spacial score (nSPS) is 27.9. The summed E-state index contributed by atoms with van der Waals surface area (Å²) in [5.41, 5.74) is 2.84. The largest absolute Gasteiger partial charge is 0.310 e. The molecule has 2 aliphatic rings. The maximum Gasteiger partial charge on any atom is 0.0234 e. The number of rotatable bonds is 4. The molecule has 2 fully saturated rings. The van der Waals surface area contributed by atoms with Crippen molar-refractivity contribution in [3.63, 3.8) is 0 Å². The maximum absolute atomic E-state index is 3.97. The molecule has 122 valence electrons. The van der Waals surface area contributed by atoms with Crippen LogP contribution in [0.3, 0.4) is 0 Å². The van der Waals surface area contributed by atoms with Gasteiger partial charge in [-0.25, -0.2) is 0 Å². The molecule has 0 aromatic heterocycles. The molecule has 2 unspecified atom stereocenters. The maximum atomic E-state index is 3.97. The Morgan fingerprint density at radius 2 is 1.91 bits per heavy atom. The molecule has 2 heteroatoms. The van der Waals surface area contributed by atoms with Crippen LogP contribution in [0.5, 0.6) is 0 Å². The van der Waals surface area contributed by atoms with Gasteiger partial charge in [0.2, 0.25) is 0 Å². The van der Waals surface area contributed by atoms with Gasteiger partial charge in [-0.05, 0) is 37.7 Å². The summed E-state index contributed by atoms with van der Waals surface area (Å²) in [6.07, 6.45) is 8.42. The number of hydrogen-bond acceptors (Lipinski definition) is 2. The fourth-order valence-electron chi connectivity index (χ4n) is 4.38. The first-order chi connectivity index (χ1) is 10.7. The van der Waals surface area contributed by atoms with Crippen LogP contribution in [0, 0.1) is 12.8 Å². The zero-order valence-corrected chi connectivity index (χ0v) is 14.4. The Balaban J connectivity index is 1.55. The standard InChI is InChI=1S/C20H32N2/c1-16-7-6-8-18(11-16)14-22-13-17(2)12-20(15-22)21-19-9-4-3-5-10-19/h6-8,11,17,19-21H,3-5,9-10,12-15H2,1-2H3. The zero-order valence-electron chi connectivity index (χ0n) is 14.4. The van der Waals surface area contributed by atoms with Crippen molar-refractivity contribution in [2.45, 2.75) is 71.0 Å². The molecular weight excluding hydrogens is 268 g/mol. The van der Waals surface area contributed by atoms with Gasteiger partial charge in [0, 0.05) is 31.7 Å². The van der Waals surface area contributed by atoms with E-state index in [1.807, 2.05) is 0 Å². The van der Waals surface area contributed by atoms with E-state index in [0.29, 0.717) is 6.04 Å². The molecule has 1 N–H and O–H groups in total. The Morgan fingerprint density at radius 3 is 2.68 bits per heavy atom. The molecule has 22 heavy (non-hydrogen) atoms. The first-order valence-corrected chi connectivity index (χ1v) is 9.23.